The topological polar surface area (TPSA) is 92.4 Å². The van der Waals surface area contributed by atoms with Crippen LogP contribution < -0.4 is 4.72 Å². The van der Waals surface area contributed by atoms with Crippen LogP contribution in [0.3, 0.4) is 0 Å². The predicted octanol–water partition coefficient (Wildman–Crippen LogP) is 1.58. The number of aliphatic hydroxyl groups excluding tert-OH is 1. The lowest BCUT2D eigenvalue weighted by Gasteiger charge is -2.09. The summed E-state index contributed by atoms with van der Waals surface area (Å²) in [6.45, 7) is 3.23. The van der Waals surface area contributed by atoms with Crippen LogP contribution in [0.2, 0.25) is 0 Å². The van der Waals surface area contributed by atoms with Crippen molar-refractivity contribution in [3.63, 3.8) is 0 Å². The molecule has 0 spiro atoms. The van der Waals surface area contributed by atoms with Gasteiger partial charge in [-0.05, 0) is 26.0 Å². The molecule has 0 aromatic carbocycles. The van der Waals surface area contributed by atoms with E-state index in [1.54, 1.807) is 6.92 Å². The molecule has 0 aliphatic rings. The summed E-state index contributed by atoms with van der Waals surface area (Å²) in [4.78, 5) is 4.23. The van der Waals surface area contributed by atoms with Gasteiger partial charge in [0, 0.05) is 11.1 Å². The van der Waals surface area contributed by atoms with Gasteiger partial charge >= 0.3 is 0 Å². The highest BCUT2D eigenvalue weighted by molar-refractivity contribution is 7.89. The second-order valence-corrected chi connectivity index (χ2v) is 6.58. The monoisotopic (exact) mass is 302 g/mol. The van der Waals surface area contributed by atoms with Crippen LogP contribution in [0.5, 0.6) is 0 Å². The van der Waals surface area contributed by atoms with Crippen molar-refractivity contribution in [3.05, 3.63) is 34.0 Å². The molecule has 0 radical (unpaired) electrons. The van der Waals surface area contributed by atoms with Crippen molar-refractivity contribution in [1.82, 2.24) is 9.71 Å². The summed E-state index contributed by atoms with van der Waals surface area (Å²) in [5.41, 5.74) is 0.853. The molecule has 0 saturated heterocycles. The lowest BCUT2D eigenvalue weighted by Crippen LogP contribution is -2.26. The molecule has 2 N–H and O–H groups in total. The molecule has 8 heteroatoms. The molecule has 1 unspecified atom stereocenters. The van der Waals surface area contributed by atoms with Crippen molar-refractivity contribution in [3.8, 4) is 0 Å². The summed E-state index contributed by atoms with van der Waals surface area (Å²) >= 11 is 1.39. The van der Waals surface area contributed by atoms with Crippen molar-refractivity contribution in [1.29, 1.82) is 0 Å². The number of rotatable bonds is 5. The fraction of sp³-hybridized carbons (Fsp3) is 0.364. The van der Waals surface area contributed by atoms with E-state index >= 15 is 0 Å². The largest absolute Gasteiger partial charge is 0.446 e. The van der Waals surface area contributed by atoms with Gasteiger partial charge < -0.3 is 9.52 Å². The zero-order valence-electron chi connectivity index (χ0n) is 10.5. The molecule has 2 rings (SSSR count). The highest BCUT2D eigenvalue weighted by atomic mass is 32.2. The van der Waals surface area contributed by atoms with E-state index in [4.69, 9.17) is 9.52 Å². The number of furan rings is 1. The Kier molecular flexibility index (Phi) is 4.04. The smallest absolute Gasteiger partial charge is 0.274 e. The number of nitrogens with zero attached hydrogens (tertiary/aromatic N) is 1. The second-order valence-electron chi connectivity index (χ2n) is 4.05. The first-order valence-corrected chi connectivity index (χ1v) is 7.92. The number of thiazole rings is 1. The van der Waals surface area contributed by atoms with Crippen LogP contribution >= 0.6 is 11.3 Å². The standard InChI is InChI=1S/C11H14N2O4S2/c1-7-6-18-11(12-7)8(2)13-19(15,16)10-4-3-9(5-14)17-10/h3-4,6,8,13-14H,5H2,1-2H3. The zero-order valence-corrected chi connectivity index (χ0v) is 12.1. The highest BCUT2D eigenvalue weighted by Crippen LogP contribution is 2.21. The summed E-state index contributed by atoms with van der Waals surface area (Å²) in [5.74, 6) is 0.207. The van der Waals surface area contributed by atoms with Gasteiger partial charge in [-0.15, -0.1) is 11.3 Å². The van der Waals surface area contributed by atoms with Gasteiger partial charge in [0.15, 0.2) is 0 Å². The van der Waals surface area contributed by atoms with Gasteiger partial charge in [-0.3, -0.25) is 0 Å². The Morgan fingerprint density at radius 2 is 2.26 bits per heavy atom. The van der Waals surface area contributed by atoms with E-state index in [1.165, 1.54) is 23.5 Å². The molecule has 19 heavy (non-hydrogen) atoms. The summed E-state index contributed by atoms with van der Waals surface area (Å²) in [5, 5.41) is 11.2. The van der Waals surface area contributed by atoms with Gasteiger partial charge in [-0.1, -0.05) is 0 Å². The Labute approximate surface area is 115 Å². The van der Waals surface area contributed by atoms with Gasteiger partial charge in [0.25, 0.3) is 10.0 Å². The number of sulfonamides is 1. The Balaban J connectivity index is 2.17. The Morgan fingerprint density at radius 3 is 2.79 bits per heavy atom. The van der Waals surface area contributed by atoms with E-state index in [-0.39, 0.29) is 17.5 Å². The van der Waals surface area contributed by atoms with Crippen LogP contribution in [0.4, 0.5) is 0 Å². The molecule has 2 heterocycles. The third kappa shape index (κ3) is 3.21. The fourth-order valence-electron chi connectivity index (χ4n) is 1.50. The molecule has 2 aromatic rings. The fourth-order valence-corrected chi connectivity index (χ4v) is 3.54. The van der Waals surface area contributed by atoms with Gasteiger partial charge in [0.1, 0.15) is 17.4 Å². The first kappa shape index (κ1) is 14.2. The Hall–Kier alpha value is -1.22. The second kappa shape index (κ2) is 5.41. The minimum atomic E-state index is -3.75. The lowest BCUT2D eigenvalue weighted by molar-refractivity contribution is 0.236. The minimum absolute atomic E-state index is 0.207. The first-order chi connectivity index (χ1) is 8.92. The number of aryl methyl sites for hydroxylation is 1. The normalized spacial score (nSPS) is 13.6. The first-order valence-electron chi connectivity index (χ1n) is 5.56. The van der Waals surface area contributed by atoms with E-state index in [1.807, 2.05) is 12.3 Å². The van der Waals surface area contributed by atoms with Crippen LogP contribution in [-0.2, 0) is 16.6 Å². The summed E-state index contributed by atoms with van der Waals surface area (Å²) in [6, 6.07) is 2.30. The maximum atomic E-state index is 12.0. The van der Waals surface area contributed by atoms with Crippen LogP contribution in [0.15, 0.2) is 27.0 Å². The van der Waals surface area contributed by atoms with E-state index in [2.05, 4.69) is 9.71 Å². The predicted molar refractivity (Wildman–Crippen MR) is 70.2 cm³/mol. The van der Waals surface area contributed by atoms with E-state index in [9.17, 15) is 8.42 Å². The number of aromatic nitrogens is 1. The van der Waals surface area contributed by atoms with Crippen molar-refractivity contribution < 1.29 is 17.9 Å². The summed E-state index contributed by atoms with van der Waals surface area (Å²) < 4.78 is 31.6. The van der Waals surface area contributed by atoms with Gasteiger partial charge in [-0.25, -0.2) is 13.4 Å². The maximum absolute atomic E-state index is 12.0. The maximum Gasteiger partial charge on any atom is 0.274 e. The highest BCUT2D eigenvalue weighted by Gasteiger charge is 2.23. The van der Waals surface area contributed by atoms with Crippen molar-refractivity contribution in [2.75, 3.05) is 0 Å². The molecule has 0 saturated carbocycles. The molecule has 0 fully saturated rings. The van der Waals surface area contributed by atoms with Crippen LogP contribution in [0.1, 0.15) is 29.4 Å². The van der Waals surface area contributed by atoms with Gasteiger partial charge in [0.2, 0.25) is 5.09 Å². The molecule has 0 amide bonds. The quantitative estimate of drug-likeness (QED) is 0.874. The molecule has 6 nitrogen and oxygen atoms in total. The van der Waals surface area contributed by atoms with Crippen molar-refractivity contribution in [2.24, 2.45) is 0 Å². The number of hydrogen-bond donors (Lipinski definition) is 2. The molecule has 0 bridgehead atoms. The molecule has 0 aliphatic carbocycles. The lowest BCUT2D eigenvalue weighted by atomic mass is 10.4. The van der Waals surface area contributed by atoms with Gasteiger partial charge in [-0.2, -0.15) is 4.72 Å². The van der Waals surface area contributed by atoms with Crippen molar-refractivity contribution in [2.45, 2.75) is 31.6 Å². The Morgan fingerprint density at radius 1 is 1.53 bits per heavy atom. The molecule has 104 valence electrons. The van der Waals surface area contributed by atoms with Crippen LogP contribution in [0, 0.1) is 6.92 Å². The molecular weight excluding hydrogens is 288 g/mol. The SMILES string of the molecule is Cc1csc(C(C)NS(=O)(=O)c2ccc(CO)o2)n1. The Bertz CT molecular complexity index is 660. The molecule has 2 aromatic heterocycles. The third-order valence-electron chi connectivity index (χ3n) is 2.40. The third-order valence-corrected chi connectivity index (χ3v) is 4.96. The summed E-state index contributed by atoms with van der Waals surface area (Å²) in [6.07, 6.45) is 0. The number of aliphatic hydroxyl groups is 1. The van der Waals surface area contributed by atoms with Crippen LogP contribution in [0.25, 0.3) is 0 Å². The average molecular weight is 302 g/mol. The van der Waals surface area contributed by atoms with E-state index in [0.717, 1.165) is 5.69 Å². The molecule has 0 aliphatic heterocycles. The van der Waals surface area contributed by atoms with Gasteiger partial charge in [0.05, 0.1) is 6.04 Å². The number of nitrogens with one attached hydrogen (secondary N) is 1. The van der Waals surface area contributed by atoms with Crippen molar-refractivity contribution >= 4 is 21.4 Å². The zero-order chi connectivity index (χ0) is 14.0. The summed E-state index contributed by atoms with van der Waals surface area (Å²) in [7, 11) is -3.75. The average Bonchev–Trinajstić information content (AvgIpc) is 2.96. The van der Waals surface area contributed by atoms with E-state index in [0.29, 0.717) is 5.01 Å². The van der Waals surface area contributed by atoms with Crippen LogP contribution in [-0.4, -0.2) is 18.5 Å². The molecule has 1 atom stereocenters. The molecular formula is C11H14N2O4S2. The minimum Gasteiger partial charge on any atom is -0.446 e. The van der Waals surface area contributed by atoms with E-state index < -0.39 is 16.1 Å². The number of hydrogen-bond acceptors (Lipinski definition) is 6.